The van der Waals surface area contributed by atoms with Crippen LogP contribution in [0.3, 0.4) is 0 Å². The third-order valence-electron chi connectivity index (χ3n) is 3.12. The molecule has 0 bridgehead atoms. The molecule has 0 radical (unpaired) electrons. The molecule has 1 fully saturated rings. The van der Waals surface area contributed by atoms with Crippen molar-refractivity contribution < 1.29 is 5.11 Å². The number of aromatic nitrogens is 1. The van der Waals surface area contributed by atoms with Gasteiger partial charge in [0.1, 0.15) is 0 Å². The maximum absolute atomic E-state index is 9.56. The van der Waals surface area contributed by atoms with Gasteiger partial charge in [-0.25, -0.2) is 4.98 Å². The zero-order valence-corrected chi connectivity index (χ0v) is 10.3. The first-order valence-corrected chi connectivity index (χ1v) is 6.29. The van der Waals surface area contributed by atoms with Crippen LogP contribution in [0.15, 0.2) is 0 Å². The highest BCUT2D eigenvalue weighted by molar-refractivity contribution is 7.15. The van der Waals surface area contributed by atoms with Gasteiger partial charge in [-0.05, 0) is 33.1 Å². The van der Waals surface area contributed by atoms with Crippen molar-refractivity contribution in [2.75, 3.05) is 11.9 Å². The van der Waals surface area contributed by atoms with E-state index in [-0.39, 0.29) is 0 Å². The van der Waals surface area contributed by atoms with E-state index in [1.165, 1.54) is 19.3 Å². The molecule has 1 aromatic rings. The first kappa shape index (κ1) is 10.9. The third-order valence-corrected chi connectivity index (χ3v) is 4.54. The Labute approximate surface area is 94.8 Å². The summed E-state index contributed by atoms with van der Waals surface area (Å²) in [6.45, 7) is 3.77. The van der Waals surface area contributed by atoms with E-state index in [2.05, 4.69) is 16.9 Å². The molecule has 0 saturated heterocycles. The summed E-state index contributed by atoms with van der Waals surface area (Å²) >= 11 is 1.62. The van der Waals surface area contributed by atoms with Gasteiger partial charge in [0.2, 0.25) is 0 Å². The van der Waals surface area contributed by atoms with Gasteiger partial charge in [-0.3, -0.25) is 0 Å². The van der Waals surface area contributed by atoms with Gasteiger partial charge in [0, 0.05) is 13.1 Å². The van der Waals surface area contributed by atoms with Crippen LogP contribution in [-0.4, -0.2) is 23.2 Å². The van der Waals surface area contributed by atoms with E-state index >= 15 is 0 Å². The average Bonchev–Trinajstić information content (AvgIpc) is 2.44. The molecule has 0 aliphatic heterocycles. The standard InChI is InChI=1S/C11H18N2OS/c1-7-10(8(2)14)15-11(12-7)13(3)9-5-4-6-9/h8-9,14H,4-6H2,1-3H3. The van der Waals surface area contributed by atoms with Gasteiger partial charge in [-0.1, -0.05) is 11.3 Å². The molecule has 0 spiro atoms. The van der Waals surface area contributed by atoms with Crippen LogP contribution in [-0.2, 0) is 0 Å². The lowest BCUT2D eigenvalue weighted by atomic mass is 9.92. The summed E-state index contributed by atoms with van der Waals surface area (Å²) in [6.07, 6.45) is 3.49. The Morgan fingerprint density at radius 2 is 2.20 bits per heavy atom. The average molecular weight is 226 g/mol. The Morgan fingerprint density at radius 3 is 2.60 bits per heavy atom. The molecule has 15 heavy (non-hydrogen) atoms. The molecule has 3 nitrogen and oxygen atoms in total. The molecule has 1 N–H and O–H groups in total. The Bertz CT molecular complexity index is 344. The summed E-state index contributed by atoms with van der Waals surface area (Å²) in [7, 11) is 2.11. The molecule has 1 heterocycles. The molecule has 1 aromatic heterocycles. The van der Waals surface area contributed by atoms with Crippen molar-refractivity contribution in [1.29, 1.82) is 0 Å². The summed E-state index contributed by atoms with van der Waals surface area (Å²) < 4.78 is 0. The predicted molar refractivity (Wildman–Crippen MR) is 63.5 cm³/mol. The fourth-order valence-electron chi connectivity index (χ4n) is 1.86. The van der Waals surface area contributed by atoms with E-state index in [9.17, 15) is 5.11 Å². The summed E-state index contributed by atoms with van der Waals surface area (Å²) in [5.41, 5.74) is 0.969. The molecule has 1 atom stereocenters. The van der Waals surface area contributed by atoms with Crippen molar-refractivity contribution in [3.8, 4) is 0 Å². The minimum Gasteiger partial charge on any atom is -0.388 e. The van der Waals surface area contributed by atoms with Crippen molar-refractivity contribution >= 4 is 16.5 Å². The highest BCUT2D eigenvalue weighted by atomic mass is 32.1. The minimum atomic E-state index is -0.397. The monoisotopic (exact) mass is 226 g/mol. The molecular formula is C11H18N2OS. The first-order chi connectivity index (χ1) is 7.09. The van der Waals surface area contributed by atoms with E-state index in [4.69, 9.17) is 0 Å². The number of anilines is 1. The lowest BCUT2D eigenvalue weighted by molar-refractivity contribution is 0.202. The Hall–Kier alpha value is -0.610. The van der Waals surface area contributed by atoms with E-state index in [0.717, 1.165) is 15.7 Å². The zero-order chi connectivity index (χ0) is 11.0. The number of nitrogens with zero attached hydrogens (tertiary/aromatic N) is 2. The summed E-state index contributed by atoms with van der Waals surface area (Å²) in [6, 6.07) is 0.664. The molecule has 1 aliphatic carbocycles. The molecule has 1 aliphatic rings. The molecule has 0 amide bonds. The quantitative estimate of drug-likeness (QED) is 0.860. The summed E-state index contributed by atoms with van der Waals surface area (Å²) in [4.78, 5) is 7.77. The number of aryl methyl sites for hydroxylation is 1. The van der Waals surface area contributed by atoms with Crippen molar-refractivity contribution in [2.45, 2.75) is 45.3 Å². The van der Waals surface area contributed by atoms with Crippen LogP contribution in [0.25, 0.3) is 0 Å². The molecule has 4 heteroatoms. The van der Waals surface area contributed by atoms with Crippen molar-refractivity contribution in [1.82, 2.24) is 4.98 Å². The molecule has 2 rings (SSSR count). The number of aliphatic hydroxyl groups is 1. The second-order valence-electron chi connectivity index (χ2n) is 4.32. The van der Waals surface area contributed by atoms with Crippen molar-refractivity contribution in [3.05, 3.63) is 10.6 Å². The van der Waals surface area contributed by atoms with Gasteiger partial charge in [0.25, 0.3) is 0 Å². The van der Waals surface area contributed by atoms with E-state index in [1.54, 1.807) is 18.3 Å². The van der Waals surface area contributed by atoms with Crippen LogP contribution in [0.2, 0.25) is 0 Å². The van der Waals surface area contributed by atoms with E-state index in [1.807, 2.05) is 6.92 Å². The van der Waals surface area contributed by atoms with Crippen molar-refractivity contribution in [3.63, 3.8) is 0 Å². The van der Waals surface area contributed by atoms with Gasteiger partial charge in [0.05, 0.1) is 16.7 Å². The van der Waals surface area contributed by atoms with Gasteiger partial charge < -0.3 is 10.0 Å². The van der Waals surface area contributed by atoms with Crippen LogP contribution in [0.1, 0.15) is 42.9 Å². The first-order valence-electron chi connectivity index (χ1n) is 5.48. The van der Waals surface area contributed by atoms with Crippen LogP contribution >= 0.6 is 11.3 Å². The predicted octanol–water partition coefficient (Wildman–Crippen LogP) is 2.49. The number of aliphatic hydroxyl groups excluding tert-OH is 1. The van der Waals surface area contributed by atoms with E-state index < -0.39 is 6.10 Å². The molecule has 1 unspecified atom stereocenters. The lowest BCUT2D eigenvalue weighted by Gasteiger charge is -2.34. The minimum absolute atomic E-state index is 0.397. The van der Waals surface area contributed by atoms with Gasteiger partial charge in [-0.2, -0.15) is 0 Å². The topological polar surface area (TPSA) is 36.4 Å². The highest BCUT2D eigenvalue weighted by Crippen LogP contribution is 2.34. The second kappa shape index (κ2) is 4.10. The number of hydrogen-bond donors (Lipinski definition) is 1. The normalized spacial score (nSPS) is 18.7. The molecule has 1 saturated carbocycles. The van der Waals surface area contributed by atoms with Crippen LogP contribution in [0, 0.1) is 6.92 Å². The number of thiazole rings is 1. The SMILES string of the molecule is Cc1nc(N(C)C2CCC2)sc1C(C)O. The molecule has 84 valence electrons. The molecular weight excluding hydrogens is 208 g/mol. The Balaban J connectivity index is 2.17. The highest BCUT2D eigenvalue weighted by Gasteiger charge is 2.25. The Kier molecular flexibility index (Phi) is 2.98. The molecule has 0 aromatic carbocycles. The number of rotatable bonds is 3. The van der Waals surface area contributed by atoms with Gasteiger partial charge in [0.15, 0.2) is 5.13 Å². The maximum atomic E-state index is 9.56. The fraction of sp³-hybridized carbons (Fsp3) is 0.727. The lowest BCUT2D eigenvalue weighted by Crippen LogP contribution is -2.36. The van der Waals surface area contributed by atoms with Gasteiger partial charge in [-0.15, -0.1) is 0 Å². The van der Waals surface area contributed by atoms with Crippen LogP contribution in [0.5, 0.6) is 0 Å². The second-order valence-corrected chi connectivity index (χ2v) is 5.33. The van der Waals surface area contributed by atoms with E-state index in [0.29, 0.717) is 6.04 Å². The van der Waals surface area contributed by atoms with Crippen molar-refractivity contribution in [2.24, 2.45) is 0 Å². The van der Waals surface area contributed by atoms with Crippen LogP contribution in [0.4, 0.5) is 5.13 Å². The number of hydrogen-bond acceptors (Lipinski definition) is 4. The van der Waals surface area contributed by atoms with Gasteiger partial charge >= 0.3 is 0 Å². The summed E-state index contributed by atoms with van der Waals surface area (Å²) in [5, 5.41) is 10.6. The Morgan fingerprint density at radius 1 is 1.53 bits per heavy atom. The summed E-state index contributed by atoms with van der Waals surface area (Å²) in [5.74, 6) is 0. The fourth-order valence-corrected chi connectivity index (χ4v) is 2.90. The zero-order valence-electron chi connectivity index (χ0n) is 9.53. The smallest absolute Gasteiger partial charge is 0.185 e. The third kappa shape index (κ3) is 2.01. The largest absolute Gasteiger partial charge is 0.388 e. The van der Waals surface area contributed by atoms with Crippen LogP contribution < -0.4 is 4.90 Å². The maximum Gasteiger partial charge on any atom is 0.185 e.